The van der Waals surface area contributed by atoms with Gasteiger partial charge in [0.2, 0.25) is 0 Å². The van der Waals surface area contributed by atoms with Gasteiger partial charge in [-0.15, -0.1) is 5.19 Å². The van der Waals surface area contributed by atoms with E-state index in [1.807, 2.05) is 0 Å². The molecule has 4 aromatic rings. The van der Waals surface area contributed by atoms with Gasteiger partial charge in [-0.05, 0) is 71.2 Å². The first-order valence-corrected chi connectivity index (χ1v) is 22.5. The second-order valence-electron chi connectivity index (χ2n) is 18.5. The number of nitrogens with zero attached hydrogens (tertiary/aromatic N) is 9. The van der Waals surface area contributed by atoms with Gasteiger partial charge in [0, 0.05) is 127 Å². The van der Waals surface area contributed by atoms with Gasteiger partial charge in [-0.3, -0.25) is 0 Å². The number of benzene rings is 3. The molecule has 0 fully saturated rings. The summed E-state index contributed by atoms with van der Waals surface area (Å²) in [6.07, 6.45) is 0. The van der Waals surface area contributed by atoms with Gasteiger partial charge in [-0.1, -0.05) is 27.7 Å². The molecular weight excluding hydrogens is 885 g/mol. The number of anilines is 9. The molecule has 0 saturated carbocycles. The fourth-order valence-corrected chi connectivity index (χ4v) is 16.3. The maximum Gasteiger partial charge on any atom is 4.00 e. The molecule has 0 bridgehead atoms. The molecule has 4 aromatic carbocycles. The van der Waals surface area contributed by atoms with Gasteiger partial charge < -0.3 is 81.3 Å². The Morgan fingerprint density at radius 2 is 0.500 bits per heavy atom. The van der Waals surface area contributed by atoms with Gasteiger partial charge in [-0.25, -0.2) is 0 Å². The Balaban J connectivity index is 0.00000930. The van der Waals surface area contributed by atoms with E-state index in [1.165, 1.54) is 111 Å². The van der Waals surface area contributed by atoms with Crippen molar-refractivity contribution in [3.05, 3.63) is 57.1 Å². The summed E-state index contributed by atoms with van der Waals surface area (Å²) in [7, 11) is 36.2. The molecule has 0 aliphatic carbocycles. The zero-order chi connectivity index (χ0) is 44.4. The van der Waals surface area contributed by atoms with Gasteiger partial charge in [0.1, 0.15) is 8.07 Å². The molecule has 4 rings (SSSR count). The van der Waals surface area contributed by atoms with Crippen LogP contribution >= 0.6 is 0 Å². The molecule has 0 unspecified atom stereocenters. The van der Waals surface area contributed by atoms with Crippen molar-refractivity contribution in [3.63, 3.8) is 0 Å². The van der Waals surface area contributed by atoms with Crippen LogP contribution in [0, 0.1) is 48.5 Å². The maximum absolute atomic E-state index is 3.39. The first kappa shape index (κ1) is 59.0. The number of hydrogen-bond donors (Lipinski definition) is 0. The fraction of sp³-hybridized carbons (Fsp3) is 0.521. The molecule has 344 valence electrons. The molecule has 0 radical (unpaired) electrons. The Bertz CT molecular complexity index is 1970. The normalized spacial score (nSPS) is 10.8. The molecule has 0 spiro atoms. The average Bonchev–Trinajstić information content (AvgIpc) is 3.29. The van der Waals surface area contributed by atoms with Gasteiger partial charge in [0.15, 0.2) is 0 Å². The third-order valence-corrected chi connectivity index (χ3v) is 18.2. The summed E-state index contributed by atoms with van der Waals surface area (Å²) in [5.74, 6) is 0. The number of hydrogen-bond acceptors (Lipinski definition) is 9. The summed E-state index contributed by atoms with van der Waals surface area (Å²) in [5, 5.41) is 5.77. The minimum Gasteiger partial charge on any atom is -1.00 e. The number of halogens is 3. The van der Waals surface area contributed by atoms with E-state index in [-0.39, 0.29) is 58.9 Å². The zero-order valence-electron chi connectivity index (χ0n) is 42.9. The van der Waals surface area contributed by atoms with Gasteiger partial charge >= 0.3 is 21.7 Å². The summed E-state index contributed by atoms with van der Waals surface area (Å²) >= 11 is 0. The zero-order valence-corrected chi connectivity index (χ0v) is 47.7. The van der Waals surface area contributed by atoms with Crippen LogP contribution in [-0.4, -0.2) is 135 Å². The van der Waals surface area contributed by atoms with Crippen molar-refractivity contribution in [3.8, 4) is 0 Å². The number of rotatable bonds is 13. The fourth-order valence-electron chi connectivity index (χ4n) is 10.00. The van der Waals surface area contributed by atoms with Gasteiger partial charge in [0.05, 0.1) is 51.2 Å². The van der Waals surface area contributed by atoms with Crippen molar-refractivity contribution in [2.24, 2.45) is 0 Å². The van der Waals surface area contributed by atoms with Crippen LogP contribution in [0.15, 0.2) is 18.2 Å². The van der Waals surface area contributed by atoms with Crippen LogP contribution in [0.5, 0.6) is 0 Å². The van der Waals surface area contributed by atoms with E-state index in [1.54, 1.807) is 0 Å². The predicted octanol–water partition coefficient (Wildman–Crippen LogP) is -3.45. The van der Waals surface area contributed by atoms with Crippen LogP contribution in [0.3, 0.4) is 0 Å². The van der Waals surface area contributed by atoms with E-state index in [0.29, 0.717) is 0 Å². The topological polar surface area (TPSA) is 29.2 Å². The van der Waals surface area contributed by atoms with E-state index in [4.69, 9.17) is 0 Å². The summed E-state index contributed by atoms with van der Waals surface area (Å²) in [6, 6.07) is 7.77. The predicted molar refractivity (Wildman–Crippen MR) is 268 cm³/mol. The van der Waals surface area contributed by atoms with Crippen LogP contribution < -0.4 is 102 Å². The van der Waals surface area contributed by atoms with Crippen LogP contribution in [0.4, 0.5) is 51.2 Å². The van der Waals surface area contributed by atoms with Crippen LogP contribution in [0.2, 0.25) is 0 Å². The molecule has 9 nitrogen and oxygen atoms in total. The third-order valence-electron chi connectivity index (χ3n) is 12.7. The first-order valence-electron chi connectivity index (χ1n) is 20.5. The van der Waals surface area contributed by atoms with Crippen molar-refractivity contribution < 1.29 is 58.9 Å². The summed E-state index contributed by atoms with van der Waals surface area (Å²) in [6.45, 7) is 16.7. The van der Waals surface area contributed by atoms with E-state index in [0.717, 1.165) is 0 Å². The largest absolute Gasteiger partial charge is 4.00 e. The van der Waals surface area contributed by atoms with Gasteiger partial charge in [0.25, 0.3) is 0 Å². The van der Waals surface area contributed by atoms with E-state index in [9.17, 15) is 0 Å². The summed E-state index contributed by atoms with van der Waals surface area (Å²) < 4.78 is 0. The van der Waals surface area contributed by atoms with E-state index >= 15 is 0 Å². The van der Waals surface area contributed by atoms with Gasteiger partial charge in [-0.2, -0.15) is 22.3 Å². The Kier molecular flexibility index (Phi) is 20.7. The third kappa shape index (κ3) is 9.53. The Morgan fingerprint density at radius 3 is 0.661 bits per heavy atom. The standard InChI is InChI=1S/C48H78N9Si.3ClH.Ti/c1-29-30(2)32(4)48(31(29)3)58(39-26-36(49(8)9)45(55(20)21)42(33(39)5)52(14)15,40-27-37(50(10)11)46(56(22)23)43(34(40)6)53(16)17)41-28-38(51(12)13)47(57(24)25)44(35(41)7)54(18)19;;;;/h26-28H,1-25H3;3*1H;/q-1;;;;+4/p-3. The van der Waals surface area contributed by atoms with Crippen molar-refractivity contribution in [2.45, 2.75) is 48.5 Å². The Labute approximate surface area is 412 Å². The van der Waals surface area contributed by atoms with Crippen LogP contribution in [-0.2, 0) is 21.7 Å². The Morgan fingerprint density at radius 1 is 0.306 bits per heavy atom. The first-order chi connectivity index (χ1) is 26.7. The van der Waals surface area contributed by atoms with Crippen LogP contribution in [0.25, 0.3) is 0 Å². The molecule has 0 amide bonds. The molecular formula is C48H78Cl3N9SiTi. The monoisotopic (exact) mass is 961 g/mol. The van der Waals surface area contributed by atoms with E-state index < -0.39 is 8.07 Å². The molecule has 0 atom stereocenters. The molecule has 0 heterocycles. The second kappa shape index (κ2) is 21.8. The van der Waals surface area contributed by atoms with Crippen molar-refractivity contribution in [1.82, 2.24) is 0 Å². The summed E-state index contributed by atoms with van der Waals surface area (Å²) in [4.78, 5) is 20.9. The van der Waals surface area contributed by atoms with Crippen molar-refractivity contribution in [1.29, 1.82) is 0 Å². The van der Waals surface area contributed by atoms with Crippen LogP contribution in [0.1, 0.15) is 38.9 Å². The molecule has 0 aliphatic heterocycles. The molecule has 0 N–H and O–H groups in total. The second-order valence-corrected chi connectivity index (χ2v) is 22.1. The smallest absolute Gasteiger partial charge is 1.00 e. The maximum atomic E-state index is 2.59. The summed E-state index contributed by atoms with van der Waals surface area (Å²) in [5.41, 5.74) is 20.6. The minimum absolute atomic E-state index is 0. The SMILES string of the molecule is Cc1c([Si](c2cc(N(C)C)c(N(C)C)c(N(C)C)c2C)(c2cc(N(C)C)c(N(C)C)c(N(C)C)c2C)[c-]2c(C)c(C)c(C)c2C)cc(N(C)C)c(N(C)C)c1N(C)C.[Cl-].[Cl-].[Cl-].[Ti+4]. The average molecular weight is 964 g/mol. The van der Waals surface area contributed by atoms with Crippen molar-refractivity contribution >= 4 is 80.0 Å². The quantitative estimate of drug-likeness (QED) is 0.0773. The molecule has 14 heteroatoms. The van der Waals surface area contributed by atoms with Crippen molar-refractivity contribution in [2.75, 3.05) is 171 Å². The Hall–Kier alpha value is -2.99. The molecule has 0 aliphatic rings. The minimum atomic E-state index is -3.39. The molecule has 62 heavy (non-hydrogen) atoms. The molecule has 0 saturated heterocycles. The molecule has 0 aromatic heterocycles. The van der Waals surface area contributed by atoms with E-state index in [2.05, 4.69) is 238 Å².